The molecule has 9 heteroatoms. The lowest BCUT2D eigenvalue weighted by molar-refractivity contribution is -0.0430. The van der Waals surface area contributed by atoms with Crippen molar-refractivity contribution < 1.29 is 13.9 Å². The minimum absolute atomic E-state index is 0.101. The van der Waals surface area contributed by atoms with Crippen molar-refractivity contribution in [3.63, 3.8) is 0 Å². The fourth-order valence-electron chi connectivity index (χ4n) is 5.28. The molecule has 0 radical (unpaired) electrons. The summed E-state index contributed by atoms with van der Waals surface area (Å²) in [6.07, 6.45) is 6.56. The normalized spacial score (nSPS) is 17.7. The van der Waals surface area contributed by atoms with Crippen LogP contribution in [0.5, 0.6) is 5.75 Å². The first kappa shape index (κ1) is 22.9. The van der Waals surface area contributed by atoms with E-state index in [-0.39, 0.29) is 39.7 Å². The number of rotatable bonds is 5. The summed E-state index contributed by atoms with van der Waals surface area (Å²) in [6, 6.07) is 1.54. The molecule has 2 fully saturated rings. The fourth-order valence-corrected chi connectivity index (χ4v) is 5.49. The third-order valence-electron chi connectivity index (χ3n) is 7.16. The quantitative estimate of drug-likeness (QED) is 0.551. The van der Waals surface area contributed by atoms with Crippen molar-refractivity contribution in [1.29, 1.82) is 0 Å². The SMILES string of the molecule is Cc1nc(C(C)c2cc(Cl)c(F)c(C(=O)N3CC4(CCC4)C3)c2OC(C)C)n2ccnc(N)c12. The maximum absolute atomic E-state index is 15.4. The predicted molar refractivity (Wildman–Crippen MR) is 129 cm³/mol. The van der Waals surface area contributed by atoms with Crippen LogP contribution in [-0.4, -0.2) is 44.4 Å². The number of hydrogen-bond acceptors (Lipinski definition) is 5. The van der Waals surface area contributed by atoms with Crippen molar-refractivity contribution in [3.8, 4) is 5.75 Å². The number of amides is 1. The highest BCUT2D eigenvalue weighted by molar-refractivity contribution is 6.31. The lowest BCUT2D eigenvalue weighted by Gasteiger charge is -2.56. The fraction of sp³-hybridized carbons (Fsp3) is 0.480. The van der Waals surface area contributed by atoms with E-state index in [9.17, 15) is 4.79 Å². The molecular formula is C25H29ClFN5O2. The lowest BCUT2D eigenvalue weighted by atomic mass is 9.63. The molecule has 7 nitrogen and oxygen atoms in total. The third-order valence-corrected chi connectivity index (χ3v) is 7.44. The van der Waals surface area contributed by atoms with Gasteiger partial charge in [0.05, 0.1) is 16.8 Å². The summed E-state index contributed by atoms with van der Waals surface area (Å²) in [4.78, 5) is 24.1. The maximum atomic E-state index is 15.4. The molecule has 5 rings (SSSR count). The predicted octanol–water partition coefficient (Wildman–Crippen LogP) is 4.98. The molecule has 180 valence electrons. The summed E-state index contributed by atoms with van der Waals surface area (Å²) in [5.74, 6) is -0.213. The van der Waals surface area contributed by atoms with Gasteiger partial charge in [-0.1, -0.05) is 24.9 Å². The Morgan fingerprint density at radius 2 is 2.00 bits per heavy atom. The molecule has 1 saturated carbocycles. The summed E-state index contributed by atoms with van der Waals surface area (Å²) in [7, 11) is 0. The molecule has 2 aromatic heterocycles. The van der Waals surface area contributed by atoms with Gasteiger partial charge in [0.1, 0.15) is 28.5 Å². The minimum atomic E-state index is -0.745. The van der Waals surface area contributed by atoms with Crippen molar-refractivity contribution >= 4 is 28.8 Å². The summed E-state index contributed by atoms with van der Waals surface area (Å²) in [5, 5.41) is -0.112. The Morgan fingerprint density at radius 1 is 1.29 bits per heavy atom. The zero-order chi connectivity index (χ0) is 24.4. The van der Waals surface area contributed by atoms with Crippen LogP contribution in [-0.2, 0) is 0 Å². The Hall–Kier alpha value is -2.87. The molecule has 2 aliphatic rings. The largest absolute Gasteiger partial charge is 0.490 e. The van der Waals surface area contributed by atoms with Crippen LogP contribution < -0.4 is 10.5 Å². The molecule has 0 bridgehead atoms. The van der Waals surface area contributed by atoms with E-state index in [1.54, 1.807) is 23.4 Å². The molecule has 2 N–H and O–H groups in total. The van der Waals surface area contributed by atoms with Crippen LogP contribution in [0.1, 0.15) is 73.4 Å². The van der Waals surface area contributed by atoms with Crippen LogP contribution in [0.15, 0.2) is 18.5 Å². The van der Waals surface area contributed by atoms with Crippen LogP contribution in [0.3, 0.4) is 0 Å². The average Bonchev–Trinajstić information content (AvgIpc) is 3.05. The first-order valence-corrected chi connectivity index (χ1v) is 12.1. The van der Waals surface area contributed by atoms with Crippen molar-refractivity contribution in [2.24, 2.45) is 5.41 Å². The number of aromatic nitrogens is 3. The number of fused-ring (bicyclic) bond motifs is 1. The van der Waals surface area contributed by atoms with Crippen LogP contribution >= 0.6 is 11.6 Å². The average molecular weight is 486 g/mol. The van der Waals surface area contributed by atoms with E-state index >= 15 is 4.39 Å². The topological polar surface area (TPSA) is 85.8 Å². The molecule has 3 aromatic rings. The van der Waals surface area contributed by atoms with Gasteiger partial charge in [0.15, 0.2) is 5.82 Å². The monoisotopic (exact) mass is 485 g/mol. The standard InChI is InChI=1S/C25H29ClFN5O2/c1-13(2)34-21-16(14(3)23-30-15(4)20-22(28)29-8-9-32(20)23)10-17(26)19(27)18(21)24(33)31-11-25(12-31)6-5-7-25/h8-10,13-14H,5-7,11-12H2,1-4H3,(H2,28,29). The van der Waals surface area contributed by atoms with E-state index in [0.717, 1.165) is 18.5 Å². The van der Waals surface area contributed by atoms with Gasteiger partial charge in [-0.15, -0.1) is 0 Å². The van der Waals surface area contributed by atoms with Gasteiger partial charge in [0.25, 0.3) is 5.91 Å². The molecular weight excluding hydrogens is 457 g/mol. The molecule has 1 spiro atoms. The molecule has 1 aliphatic carbocycles. The summed E-state index contributed by atoms with van der Waals surface area (Å²) < 4.78 is 23.4. The third kappa shape index (κ3) is 3.50. The number of aryl methyl sites for hydroxylation is 1. The van der Waals surface area contributed by atoms with E-state index in [2.05, 4.69) is 4.98 Å². The molecule has 1 saturated heterocycles. The summed E-state index contributed by atoms with van der Waals surface area (Å²) in [5.41, 5.74) is 8.26. The second kappa shape index (κ2) is 8.12. The van der Waals surface area contributed by atoms with Crippen molar-refractivity contribution in [1.82, 2.24) is 19.3 Å². The number of anilines is 1. The van der Waals surface area contributed by atoms with Gasteiger partial charge in [-0.2, -0.15) is 0 Å². The zero-order valence-corrected chi connectivity index (χ0v) is 20.6. The number of nitrogens with two attached hydrogens (primary N) is 1. The highest BCUT2D eigenvalue weighted by Crippen LogP contribution is 2.49. The van der Waals surface area contributed by atoms with Crippen molar-refractivity contribution in [3.05, 3.63) is 51.9 Å². The first-order chi connectivity index (χ1) is 16.1. The van der Waals surface area contributed by atoms with Gasteiger partial charge in [-0.05, 0) is 39.7 Å². The van der Waals surface area contributed by atoms with Gasteiger partial charge < -0.3 is 15.4 Å². The Labute approximate surface area is 203 Å². The number of nitrogen functional groups attached to an aromatic ring is 1. The van der Waals surface area contributed by atoms with Gasteiger partial charge in [-0.3, -0.25) is 9.20 Å². The van der Waals surface area contributed by atoms with Crippen LogP contribution in [0.4, 0.5) is 10.2 Å². The van der Waals surface area contributed by atoms with Crippen molar-refractivity contribution in [2.45, 2.75) is 59.0 Å². The van der Waals surface area contributed by atoms with E-state index in [0.29, 0.717) is 35.8 Å². The molecule has 1 amide bonds. The highest BCUT2D eigenvalue weighted by Gasteiger charge is 2.50. The number of hydrogen-bond donors (Lipinski definition) is 1. The maximum Gasteiger partial charge on any atom is 0.260 e. The Morgan fingerprint density at radius 3 is 2.62 bits per heavy atom. The van der Waals surface area contributed by atoms with E-state index in [4.69, 9.17) is 27.1 Å². The number of carbonyl (C=O) groups is 1. The minimum Gasteiger partial charge on any atom is -0.490 e. The number of carbonyl (C=O) groups excluding carboxylic acids is 1. The van der Waals surface area contributed by atoms with E-state index in [1.807, 2.05) is 32.1 Å². The molecule has 1 aliphatic heterocycles. The van der Waals surface area contributed by atoms with Gasteiger partial charge >= 0.3 is 0 Å². The number of nitrogens with zero attached hydrogens (tertiary/aromatic N) is 4. The molecule has 3 heterocycles. The Kier molecular flexibility index (Phi) is 5.47. The molecule has 34 heavy (non-hydrogen) atoms. The van der Waals surface area contributed by atoms with Crippen molar-refractivity contribution in [2.75, 3.05) is 18.8 Å². The molecule has 1 atom stereocenters. The van der Waals surface area contributed by atoms with Crippen LogP contribution in [0.25, 0.3) is 5.52 Å². The first-order valence-electron chi connectivity index (χ1n) is 11.7. The highest BCUT2D eigenvalue weighted by atomic mass is 35.5. The second-order valence-electron chi connectivity index (χ2n) is 9.96. The number of imidazole rings is 1. The lowest BCUT2D eigenvalue weighted by Crippen LogP contribution is -2.61. The number of ether oxygens (including phenoxy) is 1. The number of likely N-dealkylation sites (tertiary alicyclic amines) is 1. The number of halogens is 2. The van der Waals surface area contributed by atoms with Gasteiger partial charge in [0.2, 0.25) is 0 Å². The zero-order valence-electron chi connectivity index (χ0n) is 19.9. The van der Waals surface area contributed by atoms with E-state index < -0.39 is 5.82 Å². The van der Waals surface area contributed by atoms with Gasteiger partial charge in [0, 0.05) is 42.4 Å². The Bertz CT molecular complexity index is 1290. The smallest absolute Gasteiger partial charge is 0.260 e. The van der Waals surface area contributed by atoms with Crippen LogP contribution in [0, 0.1) is 18.2 Å². The van der Waals surface area contributed by atoms with Gasteiger partial charge in [-0.25, -0.2) is 14.4 Å². The second-order valence-corrected chi connectivity index (χ2v) is 10.4. The van der Waals surface area contributed by atoms with E-state index in [1.165, 1.54) is 6.42 Å². The summed E-state index contributed by atoms with van der Waals surface area (Å²) >= 11 is 6.35. The molecule has 1 aromatic carbocycles. The summed E-state index contributed by atoms with van der Waals surface area (Å²) in [6.45, 7) is 8.80. The Balaban J connectivity index is 1.62. The number of benzene rings is 1. The van der Waals surface area contributed by atoms with Crippen LogP contribution in [0.2, 0.25) is 5.02 Å². The molecule has 1 unspecified atom stereocenters.